The number of rotatable bonds is 3. The first-order valence-electron chi connectivity index (χ1n) is 6.49. The van der Waals surface area contributed by atoms with Gasteiger partial charge in [-0.05, 0) is 30.7 Å². The monoisotopic (exact) mass is 274 g/mol. The molecule has 1 aromatic carbocycles. The zero-order chi connectivity index (χ0) is 13.5. The fourth-order valence-electron chi connectivity index (χ4n) is 2.04. The maximum atomic E-state index is 12.2. The zero-order valence-electron chi connectivity index (χ0n) is 10.8. The summed E-state index contributed by atoms with van der Waals surface area (Å²) in [5.74, 6) is 6.89. The number of amides is 1. The normalized spacial score (nSPS) is 17.6. The molecule has 1 saturated heterocycles. The summed E-state index contributed by atoms with van der Waals surface area (Å²) in [5, 5.41) is 3.56. The second-order valence-corrected chi connectivity index (χ2v) is 5.80. The molecule has 1 heterocycles. The zero-order valence-corrected chi connectivity index (χ0v) is 11.6. The molecule has 19 heavy (non-hydrogen) atoms. The standard InChI is InChI=1S/C15H18N2OS/c16-9-3-6-12-5-1-2-8-14(12)15(18)17-11-13-7-4-10-19-13/h1-2,5,8,13H,4,7,9-11,16H2,(H,17,18). The van der Waals surface area contributed by atoms with Crippen molar-refractivity contribution in [3.8, 4) is 11.8 Å². The van der Waals surface area contributed by atoms with Gasteiger partial charge >= 0.3 is 0 Å². The van der Waals surface area contributed by atoms with Gasteiger partial charge in [0.25, 0.3) is 5.91 Å². The van der Waals surface area contributed by atoms with Gasteiger partial charge in [-0.2, -0.15) is 11.8 Å². The number of nitrogens with two attached hydrogens (primary N) is 1. The van der Waals surface area contributed by atoms with Crippen molar-refractivity contribution in [2.24, 2.45) is 5.73 Å². The minimum atomic E-state index is -0.0468. The van der Waals surface area contributed by atoms with Crippen molar-refractivity contribution in [2.75, 3.05) is 18.8 Å². The highest BCUT2D eigenvalue weighted by atomic mass is 32.2. The predicted octanol–water partition coefficient (Wildman–Crippen LogP) is 1.62. The Labute approximate surface area is 118 Å². The Balaban J connectivity index is 2.01. The summed E-state index contributed by atoms with van der Waals surface area (Å²) >= 11 is 1.94. The Hall–Kier alpha value is -1.44. The van der Waals surface area contributed by atoms with Crippen LogP contribution in [0, 0.1) is 11.8 Å². The Morgan fingerprint density at radius 1 is 1.47 bits per heavy atom. The maximum absolute atomic E-state index is 12.2. The average Bonchev–Trinajstić information content (AvgIpc) is 2.96. The molecular formula is C15H18N2OS. The molecule has 1 atom stereocenters. The van der Waals surface area contributed by atoms with Crippen LogP contribution in [-0.4, -0.2) is 30.0 Å². The van der Waals surface area contributed by atoms with Crippen LogP contribution < -0.4 is 11.1 Å². The molecule has 0 bridgehead atoms. The topological polar surface area (TPSA) is 55.1 Å². The van der Waals surface area contributed by atoms with Crippen molar-refractivity contribution in [1.29, 1.82) is 0 Å². The van der Waals surface area contributed by atoms with E-state index in [0.29, 0.717) is 17.4 Å². The first-order chi connectivity index (χ1) is 9.31. The van der Waals surface area contributed by atoms with Crippen LogP contribution in [0.2, 0.25) is 0 Å². The van der Waals surface area contributed by atoms with Crippen molar-refractivity contribution in [3.63, 3.8) is 0 Å². The van der Waals surface area contributed by atoms with E-state index >= 15 is 0 Å². The molecule has 0 aromatic heterocycles. The summed E-state index contributed by atoms with van der Waals surface area (Å²) in [6.07, 6.45) is 2.45. The van der Waals surface area contributed by atoms with E-state index in [1.807, 2.05) is 30.0 Å². The molecule has 1 aliphatic heterocycles. The summed E-state index contributed by atoms with van der Waals surface area (Å²) < 4.78 is 0. The molecule has 4 heteroatoms. The Kier molecular flexibility index (Phi) is 5.31. The van der Waals surface area contributed by atoms with Crippen LogP contribution >= 0.6 is 11.8 Å². The van der Waals surface area contributed by atoms with Crippen LogP contribution in [0.3, 0.4) is 0 Å². The Morgan fingerprint density at radius 2 is 2.32 bits per heavy atom. The SMILES string of the molecule is NCC#Cc1ccccc1C(=O)NCC1CCCS1. The van der Waals surface area contributed by atoms with E-state index in [0.717, 1.165) is 12.1 Å². The molecule has 0 spiro atoms. The molecule has 0 radical (unpaired) electrons. The first kappa shape index (κ1) is 14.0. The van der Waals surface area contributed by atoms with Crippen molar-refractivity contribution >= 4 is 17.7 Å². The predicted molar refractivity (Wildman–Crippen MR) is 80.2 cm³/mol. The van der Waals surface area contributed by atoms with Gasteiger partial charge in [0.15, 0.2) is 0 Å². The number of hydrogen-bond acceptors (Lipinski definition) is 3. The molecule has 1 amide bonds. The molecule has 0 aliphatic carbocycles. The molecule has 100 valence electrons. The molecule has 1 fully saturated rings. The van der Waals surface area contributed by atoms with E-state index in [1.54, 1.807) is 6.07 Å². The van der Waals surface area contributed by atoms with Gasteiger partial charge in [-0.25, -0.2) is 0 Å². The third-order valence-corrected chi connectivity index (χ3v) is 4.41. The third kappa shape index (κ3) is 4.02. The number of hydrogen-bond donors (Lipinski definition) is 2. The van der Waals surface area contributed by atoms with E-state index < -0.39 is 0 Å². The van der Waals surface area contributed by atoms with Gasteiger partial charge < -0.3 is 11.1 Å². The lowest BCUT2D eigenvalue weighted by molar-refractivity contribution is 0.0953. The van der Waals surface area contributed by atoms with Gasteiger partial charge in [-0.1, -0.05) is 24.0 Å². The van der Waals surface area contributed by atoms with Crippen LogP contribution in [0.15, 0.2) is 24.3 Å². The summed E-state index contributed by atoms with van der Waals surface area (Å²) in [7, 11) is 0. The molecule has 2 rings (SSSR count). The molecule has 1 aromatic rings. The fourth-order valence-corrected chi connectivity index (χ4v) is 3.24. The van der Waals surface area contributed by atoms with E-state index in [1.165, 1.54) is 18.6 Å². The quantitative estimate of drug-likeness (QED) is 0.824. The van der Waals surface area contributed by atoms with Gasteiger partial charge in [0.1, 0.15) is 0 Å². The lowest BCUT2D eigenvalue weighted by Crippen LogP contribution is -2.30. The van der Waals surface area contributed by atoms with Crippen LogP contribution in [0.4, 0.5) is 0 Å². The van der Waals surface area contributed by atoms with Crippen LogP contribution in [-0.2, 0) is 0 Å². The van der Waals surface area contributed by atoms with E-state index in [2.05, 4.69) is 17.2 Å². The molecule has 1 aliphatic rings. The lowest BCUT2D eigenvalue weighted by Gasteiger charge is -2.11. The summed E-state index contributed by atoms with van der Waals surface area (Å²) in [5.41, 5.74) is 6.74. The third-order valence-electron chi connectivity index (χ3n) is 3.01. The molecule has 0 saturated carbocycles. The molecular weight excluding hydrogens is 256 g/mol. The second-order valence-electron chi connectivity index (χ2n) is 4.40. The highest BCUT2D eigenvalue weighted by Crippen LogP contribution is 2.25. The van der Waals surface area contributed by atoms with Crippen molar-refractivity contribution in [3.05, 3.63) is 35.4 Å². The summed E-state index contributed by atoms with van der Waals surface area (Å²) in [6.45, 7) is 1.04. The molecule has 3 N–H and O–H groups in total. The van der Waals surface area contributed by atoms with E-state index in [4.69, 9.17) is 5.73 Å². The number of carbonyl (C=O) groups excluding carboxylic acids is 1. The summed E-state index contributed by atoms with van der Waals surface area (Å²) in [4.78, 5) is 12.2. The Bertz CT molecular complexity index is 498. The van der Waals surface area contributed by atoms with Gasteiger partial charge in [-0.15, -0.1) is 0 Å². The fraction of sp³-hybridized carbons (Fsp3) is 0.400. The minimum absolute atomic E-state index is 0.0468. The first-order valence-corrected chi connectivity index (χ1v) is 7.54. The highest BCUT2D eigenvalue weighted by molar-refractivity contribution is 8.00. The van der Waals surface area contributed by atoms with Crippen LogP contribution in [0.5, 0.6) is 0 Å². The van der Waals surface area contributed by atoms with Crippen LogP contribution in [0.25, 0.3) is 0 Å². The Morgan fingerprint density at radius 3 is 3.05 bits per heavy atom. The van der Waals surface area contributed by atoms with Crippen LogP contribution in [0.1, 0.15) is 28.8 Å². The number of nitrogens with one attached hydrogen (secondary N) is 1. The maximum Gasteiger partial charge on any atom is 0.252 e. The average molecular weight is 274 g/mol. The number of thioether (sulfide) groups is 1. The van der Waals surface area contributed by atoms with Crippen molar-refractivity contribution in [1.82, 2.24) is 5.32 Å². The number of benzene rings is 1. The molecule has 3 nitrogen and oxygen atoms in total. The van der Waals surface area contributed by atoms with Crippen molar-refractivity contribution in [2.45, 2.75) is 18.1 Å². The van der Waals surface area contributed by atoms with E-state index in [-0.39, 0.29) is 5.91 Å². The van der Waals surface area contributed by atoms with Crippen molar-refractivity contribution < 1.29 is 4.79 Å². The lowest BCUT2D eigenvalue weighted by atomic mass is 10.1. The summed E-state index contributed by atoms with van der Waals surface area (Å²) in [6, 6.07) is 7.39. The second kappa shape index (κ2) is 7.22. The van der Waals surface area contributed by atoms with Gasteiger partial charge in [0, 0.05) is 17.4 Å². The van der Waals surface area contributed by atoms with Gasteiger partial charge in [-0.3, -0.25) is 4.79 Å². The minimum Gasteiger partial charge on any atom is -0.351 e. The molecule has 1 unspecified atom stereocenters. The highest BCUT2D eigenvalue weighted by Gasteiger charge is 2.17. The largest absolute Gasteiger partial charge is 0.351 e. The smallest absolute Gasteiger partial charge is 0.252 e. The van der Waals surface area contributed by atoms with E-state index in [9.17, 15) is 4.79 Å². The number of carbonyl (C=O) groups is 1. The van der Waals surface area contributed by atoms with Gasteiger partial charge in [0.05, 0.1) is 12.1 Å². The van der Waals surface area contributed by atoms with Gasteiger partial charge in [0.2, 0.25) is 0 Å².